The number of carbonyl (C=O) groups is 2. The summed E-state index contributed by atoms with van der Waals surface area (Å²) in [4.78, 5) is 28.1. The van der Waals surface area contributed by atoms with Gasteiger partial charge in [-0.25, -0.2) is 4.39 Å². The number of halogens is 4. The van der Waals surface area contributed by atoms with Crippen LogP contribution in [0.3, 0.4) is 0 Å². The van der Waals surface area contributed by atoms with Gasteiger partial charge in [0.05, 0.1) is 15.6 Å². The minimum atomic E-state index is -0.432. The molecule has 0 radical (unpaired) electrons. The zero-order valence-corrected chi connectivity index (χ0v) is 15.8. The molecule has 26 heavy (non-hydrogen) atoms. The highest BCUT2D eigenvalue weighted by Gasteiger charge is 2.29. The van der Waals surface area contributed by atoms with Gasteiger partial charge in [-0.2, -0.15) is 0 Å². The zero-order chi connectivity index (χ0) is 18.8. The zero-order valence-electron chi connectivity index (χ0n) is 13.5. The quantitative estimate of drug-likeness (QED) is 0.751. The Hall–Kier alpha value is -1.82. The van der Waals surface area contributed by atoms with Crippen molar-refractivity contribution >= 4 is 46.6 Å². The molecule has 1 saturated heterocycles. The van der Waals surface area contributed by atoms with Crippen LogP contribution in [0, 0.1) is 5.82 Å². The van der Waals surface area contributed by atoms with E-state index >= 15 is 0 Å². The topological polar surface area (TPSA) is 40.6 Å². The monoisotopic (exact) mass is 414 g/mol. The van der Waals surface area contributed by atoms with Gasteiger partial charge in [-0.3, -0.25) is 9.59 Å². The van der Waals surface area contributed by atoms with E-state index in [2.05, 4.69) is 0 Å². The Morgan fingerprint density at radius 2 is 1.85 bits per heavy atom. The van der Waals surface area contributed by atoms with Gasteiger partial charge in [0, 0.05) is 24.7 Å². The highest BCUT2D eigenvalue weighted by atomic mass is 35.5. The van der Waals surface area contributed by atoms with Crippen LogP contribution in [0.25, 0.3) is 0 Å². The first-order valence-electron chi connectivity index (χ1n) is 7.82. The van der Waals surface area contributed by atoms with E-state index in [0.29, 0.717) is 18.7 Å². The molecule has 136 valence electrons. The van der Waals surface area contributed by atoms with E-state index in [0.717, 1.165) is 0 Å². The molecule has 1 aliphatic rings. The standard InChI is InChI=1S/C18H14Cl3FN2O2/c19-14-3-1-2-13(17(14)21)18(26)24-7-6-23(16(25)10-24)9-11-4-5-12(22)8-15(11)20/h1-5,8H,6-7,9-10H2. The average Bonchev–Trinajstić information content (AvgIpc) is 2.60. The van der Waals surface area contributed by atoms with E-state index in [1.807, 2.05) is 0 Å². The Kier molecular flexibility index (Phi) is 5.70. The third-order valence-corrected chi connectivity index (χ3v) is 5.33. The van der Waals surface area contributed by atoms with Gasteiger partial charge in [-0.05, 0) is 29.8 Å². The maximum atomic E-state index is 13.1. The lowest BCUT2D eigenvalue weighted by molar-refractivity contribution is -0.135. The van der Waals surface area contributed by atoms with Crippen LogP contribution in [0.2, 0.25) is 15.1 Å². The Morgan fingerprint density at radius 3 is 2.54 bits per heavy atom. The highest BCUT2D eigenvalue weighted by Crippen LogP contribution is 2.27. The molecule has 4 nitrogen and oxygen atoms in total. The molecule has 0 spiro atoms. The molecule has 0 bridgehead atoms. The molecule has 2 aromatic carbocycles. The number of amides is 2. The maximum Gasteiger partial charge on any atom is 0.255 e. The predicted octanol–water partition coefficient (Wildman–Crippen LogP) is 4.27. The number of rotatable bonds is 3. The van der Waals surface area contributed by atoms with Crippen molar-refractivity contribution in [2.24, 2.45) is 0 Å². The van der Waals surface area contributed by atoms with Gasteiger partial charge in [-0.15, -0.1) is 0 Å². The van der Waals surface area contributed by atoms with Gasteiger partial charge >= 0.3 is 0 Å². The minimum absolute atomic E-state index is 0.0690. The van der Waals surface area contributed by atoms with Crippen LogP contribution in [0.15, 0.2) is 36.4 Å². The molecule has 2 aromatic rings. The van der Waals surface area contributed by atoms with Gasteiger partial charge in [0.25, 0.3) is 5.91 Å². The predicted molar refractivity (Wildman–Crippen MR) is 99.2 cm³/mol. The number of carbonyl (C=O) groups excluding carboxylic acids is 2. The Bertz CT molecular complexity index is 876. The molecular formula is C18H14Cl3FN2O2. The molecule has 3 rings (SSSR count). The molecule has 2 amide bonds. The summed E-state index contributed by atoms with van der Waals surface area (Å²) in [6.07, 6.45) is 0. The lowest BCUT2D eigenvalue weighted by atomic mass is 10.1. The van der Waals surface area contributed by atoms with E-state index < -0.39 is 5.82 Å². The number of benzene rings is 2. The number of hydrogen-bond acceptors (Lipinski definition) is 2. The summed E-state index contributed by atoms with van der Waals surface area (Å²) in [5.74, 6) is -0.993. The Labute approximate surface area is 165 Å². The fraction of sp³-hybridized carbons (Fsp3) is 0.222. The summed E-state index contributed by atoms with van der Waals surface area (Å²) in [6, 6.07) is 8.86. The molecule has 1 heterocycles. The number of nitrogens with zero attached hydrogens (tertiary/aromatic N) is 2. The maximum absolute atomic E-state index is 13.1. The second kappa shape index (κ2) is 7.82. The average molecular weight is 416 g/mol. The van der Waals surface area contributed by atoms with Crippen LogP contribution < -0.4 is 0 Å². The normalized spacial score (nSPS) is 14.7. The van der Waals surface area contributed by atoms with Crippen LogP contribution in [0.4, 0.5) is 4.39 Å². The van der Waals surface area contributed by atoms with Crippen LogP contribution in [0.1, 0.15) is 15.9 Å². The van der Waals surface area contributed by atoms with Crippen molar-refractivity contribution in [1.29, 1.82) is 0 Å². The lowest BCUT2D eigenvalue weighted by Gasteiger charge is -2.34. The van der Waals surface area contributed by atoms with Crippen molar-refractivity contribution < 1.29 is 14.0 Å². The molecule has 0 aromatic heterocycles. The second-order valence-corrected chi connectivity index (χ2v) is 7.07. The first-order valence-corrected chi connectivity index (χ1v) is 8.95. The molecule has 8 heteroatoms. The van der Waals surface area contributed by atoms with Gasteiger partial charge in [0.1, 0.15) is 12.4 Å². The molecule has 0 unspecified atom stereocenters. The van der Waals surface area contributed by atoms with Gasteiger partial charge < -0.3 is 9.80 Å². The Balaban J connectivity index is 1.69. The van der Waals surface area contributed by atoms with E-state index in [9.17, 15) is 14.0 Å². The first kappa shape index (κ1) is 19.0. The summed E-state index contributed by atoms with van der Waals surface area (Å²) in [5.41, 5.74) is 0.918. The van der Waals surface area contributed by atoms with Crippen LogP contribution in [-0.4, -0.2) is 41.2 Å². The van der Waals surface area contributed by atoms with E-state index in [1.54, 1.807) is 29.2 Å². The van der Waals surface area contributed by atoms with Gasteiger partial charge in [0.2, 0.25) is 5.91 Å². The SMILES string of the molecule is O=C1CN(C(=O)c2cccc(Cl)c2Cl)CCN1Cc1ccc(F)cc1Cl. The van der Waals surface area contributed by atoms with Gasteiger partial charge in [0.15, 0.2) is 0 Å². The molecule has 0 saturated carbocycles. The van der Waals surface area contributed by atoms with E-state index in [1.165, 1.54) is 17.0 Å². The van der Waals surface area contributed by atoms with Crippen LogP contribution in [-0.2, 0) is 11.3 Å². The van der Waals surface area contributed by atoms with E-state index in [4.69, 9.17) is 34.8 Å². The van der Waals surface area contributed by atoms with Crippen LogP contribution >= 0.6 is 34.8 Å². The highest BCUT2D eigenvalue weighted by molar-refractivity contribution is 6.43. The molecule has 0 atom stereocenters. The Morgan fingerprint density at radius 1 is 1.08 bits per heavy atom. The van der Waals surface area contributed by atoms with Crippen molar-refractivity contribution in [3.63, 3.8) is 0 Å². The minimum Gasteiger partial charge on any atom is -0.335 e. The van der Waals surface area contributed by atoms with Crippen LogP contribution in [0.5, 0.6) is 0 Å². The fourth-order valence-electron chi connectivity index (χ4n) is 2.74. The van der Waals surface area contributed by atoms with Crippen molar-refractivity contribution in [3.8, 4) is 0 Å². The molecule has 0 N–H and O–H groups in total. The molecule has 1 aliphatic heterocycles. The van der Waals surface area contributed by atoms with Crippen molar-refractivity contribution in [2.45, 2.75) is 6.54 Å². The van der Waals surface area contributed by atoms with Crippen molar-refractivity contribution in [2.75, 3.05) is 19.6 Å². The molecule has 1 fully saturated rings. The third-order valence-electron chi connectivity index (χ3n) is 4.16. The smallest absolute Gasteiger partial charge is 0.255 e. The largest absolute Gasteiger partial charge is 0.335 e. The number of piperazine rings is 1. The summed E-state index contributed by atoms with van der Waals surface area (Å²) >= 11 is 18.1. The molecule has 0 aliphatic carbocycles. The van der Waals surface area contributed by atoms with Gasteiger partial charge in [-0.1, -0.05) is 46.9 Å². The summed E-state index contributed by atoms with van der Waals surface area (Å²) < 4.78 is 13.1. The first-order chi connectivity index (χ1) is 12.4. The summed E-state index contributed by atoms with van der Waals surface area (Å²) in [5, 5.41) is 0.725. The summed E-state index contributed by atoms with van der Waals surface area (Å²) in [6.45, 7) is 0.890. The van der Waals surface area contributed by atoms with Crippen molar-refractivity contribution in [3.05, 3.63) is 68.4 Å². The second-order valence-electron chi connectivity index (χ2n) is 5.88. The van der Waals surface area contributed by atoms with E-state index in [-0.39, 0.29) is 45.5 Å². The third kappa shape index (κ3) is 3.95. The summed E-state index contributed by atoms with van der Waals surface area (Å²) in [7, 11) is 0. The lowest BCUT2D eigenvalue weighted by Crippen LogP contribution is -2.51. The fourth-order valence-corrected chi connectivity index (χ4v) is 3.35. The van der Waals surface area contributed by atoms with Crippen molar-refractivity contribution in [1.82, 2.24) is 9.80 Å². The number of hydrogen-bond donors (Lipinski definition) is 0. The molecular weight excluding hydrogens is 402 g/mol.